The summed E-state index contributed by atoms with van der Waals surface area (Å²) in [5, 5.41) is 2.75. The van der Waals surface area contributed by atoms with E-state index in [1.807, 2.05) is 6.92 Å². The number of carbonyl (C=O) groups excluding carboxylic acids is 2. The summed E-state index contributed by atoms with van der Waals surface area (Å²) in [6, 6.07) is 6.92. The molecule has 19 heavy (non-hydrogen) atoms. The van der Waals surface area contributed by atoms with Crippen LogP contribution in [0.25, 0.3) is 0 Å². The summed E-state index contributed by atoms with van der Waals surface area (Å²) in [4.78, 5) is 25.1. The van der Waals surface area contributed by atoms with Gasteiger partial charge in [0.15, 0.2) is 0 Å². The lowest BCUT2D eigenvalue weighted by atomic mass is 10.1. The van der Waals surface area contributed by atoms with Crippen molar-refractivity contribution in [3.8, 4) is 0 Å². The normalized spacial score (nSPS) is 9.79. The smallest absolute Gasteiger partial charge is 0.254 e. The molecule has 0 aliphatic carbocycles. The van der Waals surface area contributed by atoms with Crippen LogP contribution in [0.15, 0.2) is 36.9 Å². The first-order valence-electron chi connectivity index (χ1n) is 6.42. The second kappa shape index (κ2) is 7.36. The van der Waals surface area contributed by atoms with Crippen LogP contribution in [0, 0.1) is 0 Å². The number of carbonyl (C=O) groups is 2. The van der Waals surface area contributed by atoms with Crippen LogP contribution in [0.5, 0.6) is 0 Å². The van der Waals surface area contributed by atoms with E-state index >= 15 is 0 Å². The fraction of sp³-hybridized carbons (Fsp3) is 0.333. The predicted octanol–water partition coefficient (Wildman–Crippen LogP) is 2.68. The van der Waals surface area contributed by atoms with E-state index in [2.05, 4.69) is 11.9 Å². The maximum absolute atomic E-state index is 12.1. The van der Waals surface area contributed by atoms with Gasteiger partial charge in [0.05, 0.1) is 0 Å². The minimum absolute atomic E-state index is 0.0317. The van der Waals surface area contributed by atoms with Gasteiger partial charge >= 0.3 is 0 Å². The Morgan fingerprint density at radius 3 is 2.37 bits per heavy atom. The minimum Gasteiger partial charge on any atom is -0.335 e. The maximum atomic E-state index is 12.1. The number of hydrogen-bond donors (Lipinski definition) is 1. The largest absolute Gasteiger partial charge is 0.335 e. The van der Waals surface area contributed by atoms with E-state index in [1.54, 1.807) is 42.2 Å². The van der Waals surface area contributed by atoms with Gasteiger partial charge in [-0.05, 0) is 31.2 Å². The zero-order valence-electron chi connectivity index (χ0n) is 11.5. The van der Waals surface area contributed by atoms with Gasteiger partial charge in [0.25, 0.3) is 5.91 Å². The summed E-state index contributed by atoms with van der Waals surface area (Å²) in [7, 11) is 0. The number of hydrogen-bond acceptors (Lipinski definition) is 2. The van der Waals surface area contributed by atoms with E-state index in [9.17, 15) is 9.59 Å². The third-order valence-corrected chi connectivity index (χ3v) is 2.76. The molecular formula is C15H20N2O2. The number of amides is 2. The molecule has 0 aromatic heterocycles. The molecule has 0 atom stereocenters. The lowest BCUT2D eigenvalue weighted by Crippen LogP contribution is -2.30. The third-order valence-electron chi connectivity index (χ3n) is 2.76. The van der Waals surface area contributed by atoms with Crippen molar-refractivity contribution in [1.82, 2.24) is 4.90 Å². The van der Waals surface area contributed by atoms with Crippen molar-refractivity contribution in [3.05, 3.63) is 42.5 Å². The Hall–Kier alpha value is -2.10. The quantitative estimate of drug-likeness (QED) is 0.799. The molecule has 1 aromatic carbocycles. The molecule has 0 unspecified atom stereocenters. The number of anilines is 1. The van der Waals surface area contributed by atoms with Gasteiger partial charge in [0, 0.05) is 30.8 Å². The molecule has 0 aliphatic rings. The van der Waals surface area contributed by atoms with Crippen LogP contribution >= 0.6 is 0 Å². The zero-order chi connectivity index (χ0) is 14.3. The van der Waals surface area contributed by atoms with Crippen molar-refractivity contribution in [1.29, 1.82) is 0 Å². The van der Waals surface area contributed by atoms with Crippen LogP contribution in [0.3, 0.4) is 0 Å². The second-order valence-corrected chi connectivity index (χ2v) is 4.11. The monoisotopic (exact) mass is 260 g/mol. The van der Waals surface area contributed by atoms with Gasteiger partial charge < -0.3 is 10.2 Å². The van der Waals surface area contributed by atoms with Gasteiger partial charge in [-0.1, -0.05) is 13.0 Å². The van der Waals surface area contributed by atoms with Crippen molar-refractivity contribution in [2.24, 2.45) is 0 Å². The zero-order valence-corrected chi connectivity index (χ0v) is 11.5. The molecule has 0 saturated carbocycles. The first-order chi connectivity index (χ1) is 9.12. The Morgan fingerprint density at radius 2 is 1.89 bits per heavy atom. The Morgan fingerprint density at radius 1 is 1.26 bits per heavy atom. The van der Waals surface area contributed by atoms with E-state index in [0.29, 0.717) is 30.8 Å². The molecule has 2 amide bonds. The summed E-state index contributed by atoms with van der Waals surface area (Å²) in [6.07, 6.45) is 2.14. The summed E-state index contributed by atoms with van der Waals surface area (Å²) >= 11 is 0. The highest BCUT2D eigenvalue weighted by atomic mass is 16.2. The van der Waals surface area contributed by atoms with Gasteiger partial charge in [-0.25, -0.2) is 0 Å². The number of rotatable bonds is 6. The topological polar surface area (TPSA) is 49.4 Å². The second-order valence-electron chi connectivity index (χ2n) is 4.11. The molecule has 0 fully saturated rings. The molecule has 0 saturated heterocycles. The molecule has 0 aliphatic heterocycles. The molecule has 1 N–H and O–H groups in total. The number of nitrogens with zero attached hydrogens (tertiary/aromatic N) is 1. The molecule has 0 radical (unpaired) electrons. The average molecular weight is 260 g/mol. The van der Waals surface area contributed by atoms with E-state index in [4.69, 9.17) is 0 Å². The molecule has 1 aromatic rings. The van der Waals surface area contributed by atoms with Crippen LogP contribution in [0.1, 0.15) is 30.6 Å². The van der Waals surface area contributed by atoms with Gasteiger partial charge in [0.2, 0.25) is 5.91 Å². The van der Waals surface area contributed by atoms with E-state index < -0.39 is 0 Å². The Bertz CT molecular complexity index is 452. The molecule has 1 rings (SSSR count). The first kappa shape index (κ1) is 15.0. The minimum atomic E-state index is -0.0408. The van der Waals surface area contributed by atoms with Gasteiger partial charge in [-0.2, -0.15) is 0 Å². The van der Waals surface area contributed by atoms with Gasteiger partial charge in [-0.15, -0.1) is 6.58 Å². The molecule has 0 bridgehead atoms. The van der Waals surface area contributed by atoms with Crippen LogP contribution < -0.4 is 5.32 Å². The number of likely N-dealkylation sites (N-methyl/N-ethyl adjacent to an activating group) is 1. The lowest BCUT2D eigenvalue weighted by Gasteiger charge is -2.19. The van der Waals surface area contributed by atoms with Crippen LogP contribution in [-0.2, 0) is 4.79 Å². The highest BCUT2D eigenvalue weighted by molar-refractivity contribution is 5.95. The van der Waals surface area contributed by atoms with Gasteiger partial charge in [0.1, 0.15) is 0 Å². The Balaban J connectivity index is 2.77. The molecule has 4 heteroatoms. The van der Waals surface area contributed by atoms with E-state index in [1.165, 1.54) is 0 Å². The molecule has 0 spiro atoms. The molecule has 102 valence electrons. The molecule has 4 nitrogen and oxygen atoms in total. The maximum Gasteiger partial charge on any atom is 0.254 e. The number of benzene rings is 1. The van der Waals surface area contributed by atoms with E-state index in [-0.39, 0.29) is 11.8 Å². The molecule has 0 heterocycles. The lowest BCUT2D eigenvalue weighted by molar-refractivity contribution is -0.115. The Kier molecular flexibility index (Phi) is 5.79. The van der Waals surface area contributed by atoms with Crippen molar-refractivity contribution in [3.63, 3.8) is 0 Å². The number of nitrogens with one attached hydrogen (secondary N) is 1. The molecular weight excluding hydrogens is 240 g/mol. The highest BCUT2D eigenvalue weighted by Gasteiger charge is 2.12. The summed E-state index contributed by atoms with van der Waals surface area (Å²) in [5.41, 5.74) is 1.31. The van der Waals surface area contributed by atoms with Crippen LogP contribution in [0.2, 0.25) is 0 Å². The highest BCUT2D eigenvalue weighted by Crippen LogP contribution is 2.12. The predicted molar refractivity (Wildman–Crippen MR) is 77.1 cm³/mol. The summed E-state index contributed by atoms with van der Waals surface area (Å²) in [6.45, 7) is 8.53. The fourth-order valence-corrected chi connectivity index (χ4v) is 1.64. The first-order valence-corrected chi connectivity index (χ1v) is 6.42. The third kappa shape index (κ3) is 4.25. The van der Waals surface area contributed by atoms with Crippen molar-refractivity contribution in [2.45, 2.75) is 20.3 Å². The van der Waals surface area contributed by atoms with Crippen molar-refractivity contribution < 1.29 is 9.59 Å². The summed E-state index contributed by atoms with van der Waals surface area (Å²) in [5.74, 6) is -0.0725. The summed E-state index contributed by atoms with van der Waals surface area (Å²) < 4.78 is 0. The van der Waals surface area contributed by atoms with Crippen LogP contribution in [0.4, 0.5) is 5.69 Å². The Labute approximate surface area is 114 Å². The fourth-order valence-electron chi connectivity index (χ4n) is 1.64. The van der Waals surface area contributed by atoms with Crippen molar-refractivity contribution in [2.75, 3.05) is 18.4 Å². The average Bonchev–Trinajstić information content (AvgIpc) is 2.44. The van der Waals surface area contributed by atoms with E-state index in [0.717, 1.165) is 0 Å². The SMILES string of the molecule is C=CCN(CC)C(=O)c1ccc(NC(=O)CC)cc1. The standard InChI is InChI=1S/C15H20N2O2/c1-4-11-17(6-3)15(19)12-7-9-13(10-8-12)16-14(18)5-2/h4,7-10H,1,5-6,11H2,2-3H3,(H,16,18). The van der Waals surface area contributed by atoms with Crippen LogP contribution in [-0.4, -0.2) is 29.8 Å². The van der Waals surface area contributed by atoms with Gasteiger partial charge in [-0.3, -0.25) is 9.59 Å². The van der Waals surface area contributed by atoms with Crippen molar-refractivity contribution >= 4 is 17.5 Å².